The van der Waals surface area contributed by atoms with Gasteiger partial charge in [0, 0.05) is 56.4 Å². The number of aliphatic hydroxyl groups is 2. The first kappa shape index (κ1) is 23.5. The van der Waals surface area contributed by atoms with Gasteiger partial charge in [0.05, 0.1) is 23.8 Å². The number of carbonyl (C=O) groups is 1. The van der Waals surface area contributed by atoms with E-state index in [0.717, 1.165) is 35.6 Å². The van der Waals surface area contributed by atoms with Crippen LogP contribution in [-0.4, -0.2) is 87.8 Å². The molecule has 8 nitrogen and oxygen atoms in total. The molecule has 2 saturated heterocycles. The van der Waals surface area contributed by atoms with E-state index in [-0.39, 0.29) is 23.8 Å². The second-order valence-electron chi connectivity index (χ2n) is 9.77. The molecular formula is C25H32ClN5O3. The quantitative estimate of drug-likeness (QED) is 0.670. The van der Waals surface area contributed by atoms with Crippen LogP contribution in [0.25, 0.3) is 0 Å². The molecule has 2 fully saturated rings. The maximum atomic E-state index is 13.7. The van der Waals surface area contributed by atoms with Gasteiger partial charge in [-0.3, -0.25) is 9.69 Å². The first-order valence-electron chi connectivity index (χ1n) is 12.1. The number of rotatable bonds is 5. The second kappa shape index (κ2) is 9.77. The van der Waals surface area contributed by atoms with Gasteiger partial charge in [-0.1, -0.05) is 30.7 Å². The highest BCUT2D eigenvalue weighted by molar-refractivity contribution is 6.30. The SMILES string of the molecule is C[C@@H]1C[C@@H](O)c2ncnc(N3CCN(C(=O)[C@@H](CN4CC[C@@H](O)C4)c4ccc(Cl)cc4)CC3)c21. The molecule has 0 unspecified atom stereocenters. The fraction of sp³-hybridized carbons (Fsp3) is 0.560. The number of likely N-dealkylation sites (tertiary alicyclic amines) is 1. The minimum atomic E-state index is -0.529. The van der Waals surface area contributed by atoms with Crippen molar-refractivity contribution in [1.82, 2.24) is 19.8 Å². The number of anilines is 1. The first-order valence-corrected chi connectivity index (χ1v) is 12.5. The Morgan fingerprint density at radius 3 is 2.53 bits per heavy atom. The predicted octanol–water partition coefficient (Wildman–Crippen LogP) is 2.17. The van der Waals surface area contributed by atoms with Crippen molar-refractivity contribution in [3.63, 3.8) is 0 Å². The highest BCUT2D eigenvalue weighted by Gasteiger charge is 2.36. The van der Waals surface area contributed by atoms with Gasteiger partial charge in [-0.15, -0.1) is 0 Å². The molecule has 0 radical (unpaired) electrons. The Morgan fingerprint density at radius 2 is 1.85 bits per heavy atom. The van der Waals surface area contributed by atoms with Crippen molar-refractivity contribution in [2.45, 2.75) is 43.8 Å². The Balaban J connectivity index is 1.30. The number of benzene rings is 1. The highest BCUT2D eigenvalue weighted by Crippen LogP contribution is 2.42. The van der Waals surface area contributed by atoms with Crippen LogP contribution in [0, 0.1) is 0 Å². The summed E-state index contributed by atoms with van der Waals surface area (Å²) in [5.74, 6) is 0.917. The number of fused-ring (bicyclic) bond motifs is 1. The topological polar surface area (TPSA) is 93.0 Å². The molecule has 1 aromatic carbocycles. The van der Waals surface area contributed by atoms with Crippen LogP contribution in [0.2, 0.25) is 5.02 Å². The minimum absolute atomic E-state index is 0.111. The van der Waals surface area contributed by atoms with E-state index in [1.54, 1.807) is 0 Å². The van der Waals surface area contributed by atoms with Crippen molar-refractivity contribution >= 4 is 23.3 Å². The number of carbonyl (C=O) groups excluding carboxylic acids is 1. The third-order valence-corrected chi connectivity index (χ3v) is 7.68. The molecule has 2 N–H and O–H groups in total. The van der Waals surface area contributed by atoms with E-state index < -0.39 is 6.10 Å². The zero-order valence-electron chi connectivity index (χ0n) is 19.5. The summed E-state index contributed by atoms with van der Waals surface area (Å²) in [6, 6.07) is 7.54. The lowest BCUT2D eigenvalue weighted by Crippen LogP contribution is -2.51. The third kappa shape index (κ3) is 4.64. The molecule has 2 aliphatic heterocycles. The lowest BCUT2D eigenvalue weighted by Gasteiger charge is -2.38. The second-order valence-corrected chi connectivity index (χ2v) is 10.2. The van der Waals surface area contributed by atoms with Crippen molar-refractivity contribution in [3.05, 3.63) is 52.4 Å². The molecule has 3 heterocycles. The molecule has 4 atom stereocenters. The standard InChI is InChI=1S/C25H32ClN5O3/c1-16-12-21(33)23-22(16)24(28-15-27-23)30-8-10-31(11-9-30)25(34)20(14-29-7-6-19(32)13-29)17-2-4-18(26)5-3-17/h2-5,15-16,19-21,32-33H,6-14H2,1H3/t16-,19-,20+,21-/m1/s1. The molecule has 2 aromatic rings. The summed E-state index contributed by atoms with van der Waals surface area (Å²) >= 11 is 6.10. The number of aromatic nitrogens is 2. The van der Waals surface area contributed by atoms with E-state index in [1.165, 1.54) is 6.33 Å². The summed E-state index contributed by atoms with van der Waals surface area (Å²) < 4.78 is 0. The van der Waals surface area contributed by atoms with E-state index in [2.05, 4.69) is 26.7 Å². The molecule has 1 aromatic heterocycles. The molecule has 5 rings (SSSR count). The minimum Gasteiger partial charge on any atom is -0.392 e. The maximum Gasteiger partial charge on any atom is 0.231 e. The lowest BCUT2D eigenvalue weighted by atomic mass is 9.96. The van der Waals surface area contributed by atoms with Crippen LogP contribution in [0.3, 0.4) is 0 Å². The van der Waals surface area contributed by atoms with Gasteiger partial charge in [0.15, 0.2) is 0 Å². The van der Waals surface area contributed by atoms with Crippen LogP contribution < -0.4 is 4.90 Å². The number of amides is 1. The Bertz CT molecular complexity index is 1030. The number of halogens is 1. The van der Waals surface area contributed by atoms with Crippen LogP contribution in [0.1, 0.15) is 54.5 Å². The normalized spacial score (nSPS) is 26.1. The van der Waals surface area contributed by atoms with E-state index in [0.29, 0.717) is 50.7 Å². The summed E-state index contributed by atoms with van der Waals surface area (Å²) in [5, 5.41) is 20.9. The van der Waals surface area contributed by atoms with Crippen molar-refractivity contribution in [2.75, 3.05) is 50.7 Å². The van der Waals surface area contributed by atoms with E-state index >= 15 is 0 Å². The zero-order valence-corrected chi connectivity index (χ0v) is 20.2. The molecule has 0 saturated carbocycles. The highest BCUT2D eigenvalue weighted by atomic mass is 35.5. The number of hydrogen-bond acceptors (Lipinski definition) is 7. The maximum absolute atomic E-state index is 13.7. The number of nitrogens with zero attached hydrogens (tertiary/aromatic N) is 5. The van der Waals surface area contributed by atoms with E-state index in [4.69, 9.17) is 11.6 Å². The molecule has 0 spiro atoms. The van der Waals surface area contributed by atoms with Crippen molar-refractivity contribution in [2.24, 2.45) is 0 Å². The predicted molar refractivity (Wildman–Crippen MR) is 130 cm³/mol. The van der Waals surface area contributed by atoms with Gasteiger partial charge in [0.25, 0.3) is 0 Å². The monoisotopic (exact) mass is 485 g/mol. The van der Waals surface area contributed by atoms with Crippen LogP contribution in [0.15, 0.2) is 30.6 Å². The van der Waals surface area contributed by atoms with Gasteiger partial charge in [-0.2, -0.15) is 0 Å². The van der Waals surface area contributed by atoms with Crippen LogP contribution in [0.5, 0.6) is 0 Å². The fourth-order valence-corrected chi connectivity index (χ4v) is 5.70. The molecule has 34 heavy (non-hydrogen) atoms. The molecular weight excluding hydrogens is 454 g/mol. The molecule has 182 valence electrons. The van der Waals surface area contributed by atoms with Crippen molar-refractivity contribution < 1.29 is 15.0 Å². The number of hydrogen-bond donors (Lipinski definition) is 2. The number of piperazine rings is 1. The van der Waals surface area contributed by atoms with Crippen LogP contribution in [0.4, 0.5) is 5.82 Å². The summed E-state index contributed by atoms with van der Waals surface area (Å²) in [6.45, 7) is 6.70. The Kier molecular flexibility index (Phi) is 6.75. The van der Waals surface area contributed by atoms with Gasteiger partial charge < -0.3 is 20.0 Å². The van der Waals surface area contributed by atoms with Gasteiger partial charge in [0.2, 0.25) is 5.91 Å². The Hall–Kier alpha value is -2.26. The van der Waals surface area contributed by atoms with E-state index in [1.807, 2.05) is 29.2 Å². The Labute approximate surface area is 205 Å². The molecule has 3 aliphatic rings. The average molecular weight is 486 g/mol. The van der Waals surface area contributed by atoms with Crippen molar-refractivity contribution in [3.8, 4) is 0 Å². The zero-order chi connectivity index (χ0) is 23.8. The molecule has 1 aliphatic carbocycles. The number of aliphatic hydroxyl groups excluding tert-OH is 2. The first-order chi connectivity index (χ1) is 16.4. The van der Waals surface area contributed by atoms with Crippen LogP contribution in [-0.2, 0) is 4.79 Å². The summed E-state index contributed by atoms with van der Waals surface area (Å²) in [4.78, 5) is 28.9. The number of β-amino-alcohol motifs (C(OH)–C–C–N with tert-alkyl or cyclic N) is 1. The van der Waals surface area contributed by atoms with Gasteiger partial charge >= 0.3 is 0 Å². The van der Waals surface area contributed by atoms with Gasteiger partial charge in [0.1, 0.15) is 12.1 Å². The summed E-state index contributed by atoms with van der Waals surface area (Å²) in [6.07, 6.45) is 2.11. The largest absolute Gasteiger partial charge is 0.392 e. The lowest BCUT2D eigenvalue weighted by molar-refractivity contribution is -0.133. The third-order valence-electron chi connectivity index (χ3n) is 7.43. The van der Waals surface area contributed by atoms with Crippen LogP contribution >= 0.6 is 11.6 Å². The smallest absolute Gasteiger partial charge is 0.231 e. The van der Waals surface area contributed by atoms with E-state index in [9.17, 15) is 15.0 Å². The molecule has 9 heteroatoms. The Morgan fingerprint density at radius 1 is 1.12 bits per heavy atom. The fourth-order valence-electron chi connectivity index (χ4n) is 5.57. The molecule has 1 amide bonds. The van der Waals surface area contributed by atoms with Gasteiger partial charge in [-0.25, -0.2) is 9.97 Å². The molecule has 0 bridgehead atoms. The summed E-state index contributed by atoms with van der Waals surface area (Å²) in [5.41, 5.74) is 2.74. The average Bonchev–Trinajstić information content (AvgIpc) is 3.39. The summed E-state index contributed by atoms with van der Waals surface area (Å²) in [7, 11) is 0. The van der Waals surface area contributed by atoms with Crippen molar-refractivity contribution in [1.29, 1.82) is 0 Å². The van der Waals surface area contributed by atoms with Gasteiger partial charge in [-0.05, 0) is 36.5 Å².